The van der Waals surface area contributed by atoms with Crippen molar-refractivity contribution >= 4 is 0 Å². The third kappa shape index (κ3) is 0.805. The van der Waals surface area contributed by atoms with Crippen LogP contribution < -0.4 is 0 Å². The second-order valence-electron chi connectivity index (χ2n) is 7.63. The summed E-state index contributed by atoms with van der Waals surface area (Å²) in [5.74, 6) is 2.82. The lowest BCUT2D eigenvalue weighted by molar-refractivity contribution is -0.0727. The van der Waals surface area contributed by atoms with Crippen LogP contribution >= 0.6 is 0 Å². The van der Waals surface area contributed by atoms with Gasteiger partial charge in [0.1, 0.15) is 0 Å². The fourth-order valence-electron chi connectivity index (χ4n) is 6.31. The molecule has 1 spiro atoms. The SMILES string of the molecule is C[C@H]1CCC2[C@@]13CC[C@]1(C)OC[C@@]2(C)[C@@H]1C3. The van der Waals surface area contributed by atoms with Crippen LogP contribution in [0.25, 0.3) is 0 Å². The molecule has 0 aromatic rings. The monoisotopic (exact) mass is 220 g/mol. The third-order valence-electron chi connectivity index (χ3n) is 7.28. The van der Waals surface area contributed by atoms with Crippen LogP contribution in [0.5, 0.6) is 0 Å². The Morgan fingerprint density at radius 3 is 2.69 bits per heavy atom. The molecule has 1 heteroatoms. The molecule has 4 fully saturated rings. The Morgan fingerprint density at radius 1 is 1.06 bits per heavy atom. The lowest BCUT2D eigenvalue weighted by Gasteiger charge is -2.44. The Hall–Kier alpha value is -0.0400. The summed E-state index contributed by atoms with van der Waals surface area (Å²) < 4.78 is 6.24. The number of hydrogen-bond donors (Lipinski definition) is 0. The summed E-state index contributed by atoms with van der Waals surface area (Å²) in [5.41, 5.74) is 1.49. The maximum absolute atomic E-state index is 6.24. The summed E-state index contributed by atoms with van der Waals surface area (Å²) in [6, 6.07) is 0. The molecule has 4 rings (SSSR count). The Bertz CT molecular complexity index is 351. The molecule has 0 radical (unpaired) electrons. The normalized spacial score (nSPS) is 67.3. The molecule has 0 aromatic carbocycles. The predicted molar refractivity (Wildman–Crippen MR) is 64.1 cm³/mol. The Morgan fingerprint density at radius 2 is 1.88 bits per heavy atom. The van der Waals surface area contributed by atoms with E-state index >= 15 is 0 Å². The summed E-state index contributed by atoms with van der Waals surface area (Å²) in [6.07, 6.45) is 7.21. The molecule has 6 atom stereocenters. The second kappa shape index (κ2) is 2.53. The van der Waals surface area contributed by atoms with Gasteiger partial charge in [0, 0.05) is 0 Å². The molecule has 0 aromatic heterocycles. The quantitative estimate of drug-likeness (QED) is 0.606. The summed E-state index contributed by atoms with van der Waals surface area (Å²) >= 11 is 0. The molecular weight excluding hydrogens is 196 g/mol. The highest BCUT2D eigenvalue weighted by molar-refractivity contribution is 5.21. The molecule has 0 amide bonds. The first kappa shape index (κ1) is 9.94. The van der Waals surface area contributed by atoms with Crippen molar-refractivity contribution in [3.05, 3.63) is 0 Å². The van der Waals surface area contributed by atoms with E-state index in [0.717, 1.165) is 29.8 Å². The van der Waals surface area contributed by atoms with Gasteiger partial charge in [-0.3, -0.25) is 0 Å². The molecule has 16 heavy (non-hydrogen) atoms. The molecule has 3 saturated carbocycles. The van der Waals surface area contributed by atoms with Gasteiger partial charge in [-0.25, -0.2) is 0 Å². The second-order valence-corrected chi connectivity index (χ2v) is 7.63. The van der Waals surface area contributed by atoms with Crippen LogP contribution in [0.4, 0.5) is 0 Å². The summed E-state index contributed by atoms with van der Waals surface area (Å²) in [4.78, 5) is 0. The van der Waals surface area contributed by atoms with E-state index in [-0.39, 0.29) is 5.60 Å². The Balaban J connectivity index is 1.87. The molecule has 1 nitrogen and oxygen atoms in total. The number of hydrogen-bond acceptors (Lipinski definition) is 1. The maximum atomic E-state index is 6.24. The van der Waals surface area contributed by atoms with Crippen molar-refractivity contribution in [3.63, 3.8) is 0 Å². The minimum Gasteiger partial charge on any atom is -0.374 e. The van der Waals surface area contributed by atoms with Crippen molar-refractivity contribution in [2.24, 2.45) is 28.6 Å². The average molecular weight is 220 g/mol. The van der Waals surface area contributed by atoms with Crippen LogP contribution in [0.1, 0.15) is 52.9 Å². The Labute approximate surface area is 98.9 Å². The van der Waals surface area contributed by atoms with Crippen LogP contribution in [0.2, 0.25) is 0 Å². The third-order valence-corrected chi connectivity index (χ3v) is 7.28. The zero-order valence-corrected chi connectivity index (χ0v) is 10.9. The smallest absolute Gasteiger partial charge is 0.0689 e. The fourth-order valence-corrected chi connectivity index (χ4v) is 6.31. The van der Waals surface area contributed by atoms with Crippen molar-refractivity contribution in [1.29, 1.82) is 0 Å². The van der Waals surface area contributed by atoms with Gasteiger partial charge in [0.2, 0.25) is 0 Å². The van der Waals surface area contributed by atoms with Gasteiger partial charge in [-0.1, -0.05) is 13.8 Å². The number of rotatable bonds is 0. The van der Waals surface area contributed by atoms with Gasteiger partial charge in [-0.15, -0.1) is 0 Å². The Kier molecular flexibility index (Phi) is 1.57. The number of fused-ring (bicyclic) bond motifs is 1. The van der Waals surface area contributed by atoms with Gasteiger partial charge < -0.3 is 4.74 Å². The lowest BCUT2D eigenvalue weighted by atomic mass is 9.64. The summed E-state index contributed by atoms with van der Waals surface area (Å²) in [6.45, 7) is 8.50. The van der Waals surface area contributed by atoms with E-state index in [4.69, 9.17) is 4.74 Å². The zero-order valence-electron chi connectivity index (χ0n) is 10.9. The molecule has 1 aliphatic heterocycles. The lowest BCUT2D eigenvalue weighted by Crippen LogP contribution is -2.41. The highest BCUT2D eigenvalue weighted by atomic mass is 16.5. The topological polar surface area (TPSA) is 9.23 Å². The van der Waals surface area contributed by atoms with E-state index in [1.54, 1.807) is 0 Å². The first-order valence-electron chi connectivity index (χ1n) is 7.15. The van der Waals surface area contributed by atoms with Crippen molar-refractivity contribution in [2.45, 2.75) is 58.5 Å². The molecule has 90 valence electrons. The highest BCUT2D eigenvalue weighted by Gasteiger charge is 2.72. The van der Waals surface area contributed by atoms with Gasteiger partial charge in [-0.2, -0.15) is 0 Å². The van der Waals surface area contributed by atoms with Crippen LogP contribution in [0, 0.1) is 28.6 Å². The van der Waals surface area contributed by atoms with Gasteiger partial charge in [0.25, 0.3) is 0 Å². The standard InChI is InChI=1S/C15H24O/c1-10-4-5-11-13(2)9-16-14(3)6-7-15(10,11)8-12(13)14/h10-12H,4-9H2,1-3H3/t10-,11?,12-,13+,14-,15+/m0/s1. The van der Waals surface area contributed by atoms with Crippen LogP contribution in [0.15, 0.2) is 0 Å². The minimum atomic E-state index is 0.240. The van der Waals surface area contributed by atoms with Crippen molar-refractivity contribution in [3.8, 4) is 0 Å². The van der Waals surface area contributed by atoms with Crippen LogP contribution in [-0.4, -0.2) is 12.2 Å². The largest absolute Gasteiger partial charge is 0.374 e. The summed E-state index contributed by atoms with van der Waals surface area (Å²) in [7, 11) is 0. The van der Waals surface area contributed by atoms with E-state index in [1.807, 2.05) is 0 Å². The van der Waals surface area contributed by atoms with Crippen LogP contribution in [-0.2, 0) is 4.74 Å². The fraction of sp³-hybridized carbons (Fsp3) is 1.00. The molecule has 1 heterocycles. The van der Waals surface area contributed by atoms with Crippen molar-refractivity contribution < 1.29 is 4.74 Å². The van der Waals surface area contributed by atoms with Gasteiger partial charge in [0.05, 0.1) is 12.2 Å². The van der Waals surface area contributed by atoms with Crippen LogP contribution in [0.3, 0.4) is 0 Å². The van der Waals surface area contributed by atoms with E-state index in [0.29, 0.717) is 5.41 Å². The van der Waals surface area contributed by atoms with E-state index in [1.165, 1.54) is 32.1 Å². The van der Waals surface area contributed by atoms with Crippen molar-refractivity contribution in [2.75, 3.05) is 6.61 Å². The van der Waals surface area contributed by atoms with Gasteiger partial charge in [-0.05, 0) is 67.6 Å². The molecular formula is C15H24O. The minimum absolute atomic E-state index is 0.240. The first-order valence-corrected chi connectivity index (χ1v) is 7.15. The molecule has 3 aliphatic carbocycles. The molecule has 0 N–H and O–H groups in total. The van der Waals surface area contributed by atoms with E-state index in [9.17, 15) is 0 Å². The first-order chi connectivity index (χ1) is 7.51. The number of ether oxygens (including phenoxy) is 1. The zero-order chi connectivity index (χ0) is 11.2. The predicted octanol–water partition coefficient (Wildman–Crippen LogP) is 3.63. The highest BCUT2D eigenvalue weighted by Crippen LogP contribution is 2.76. The van der Waals surface area contributed by atoms with Crippen molar-refractivity contribution in [1.82, 2.24) is 0 Å². The molecule has 4 aliphatic rings. The molecule has 1 unspecified atom stereocenters. The summed E-state index contributed by atoms with van der Waals surface area (Å²) in [5, 5.41) is 0. The average Bonchev–Trinajstić information content (AvgIpc) is 2.77. The molecule has 1 saturated heterocycles. The van der Waals surface area contributed by atoms with Gasteiger partial charge >= 0.3 is 0 Å². The van der Waals surface area contributed by atoms with E-state index < -0.39 is 0 Å². The molecule has 2 bridgehead atoms. The van der Waals surface area contributed by atoms with Gasteiger partial charge in [0.15, 0.2) is 0 Å². The van der Waals surface area contributed by atoms with E-state index in [2.05, 4.69) is 20.8 Å². The maximum Gasteiger partial charge on any atom is 0.0689 e.